The predicted molar refractivity (Wildman–Crippen MR) is 96.4 cm³/mol. The molecule has 0 amide bonds. The van der Waals surface area contributed by atoms with Crippen molar-refractivity contribution in [3.05, 3.63) is 34.9 Å². The fraction of sp³-hybridized carbons (Fsp3) is 0.588. The number of carbonyl (C=O) groups is 1. The molecule has 3 atom stereocenters. The first-order valence-corrected chi connectivity index (χ1v) is 8.11. The van der Waals surface area contributed by atoms with E-state index in [4.69, 9.17) is 9.47 Å². The number of hydrogen-bond donors (Lipinski definition) is 1. The van der Waals surface area contributed by atoms with Gasteiger partial charge in [0.1, 0.15) is 6.10 Å². The number of piperazine rings is 1. The van der Waals surface area contributed by atoms with Crippen LogP contribution in [-0.4, -0.2) is 55.8 Å². The summed E-state index contributed by atoms with van der Waals surface area (Å²) < 4.78 is 11.4. The summed E-state index contributed by atoms with van der Waals surface area (Å²) in [6.07, 6.45) is 0.853. The monoisotopic (exact) mass is 374 g/mol. The number of morpholine rings is 1. The van der Waals surface area contributed by atoms with Gasteiger partial charge in [-0.2, -0.15) is 0 Å². The standard InChI is InChI=1S/C17H22N2O3.2ClH/c1-11-6-13-7-12(2-3-15(13)17(20)22-11)16-9-19-5-4-18-8-14(19)10-21-16;;/h2-3,7,11,14,16,18H,4-6,8-10H2,1H3;2*1H/t11-,14-,16-;;/m0../s1. The molecule has 134 valence electrons. The maximum Gasteiger partial charge on any atom is 0.338 e. The third-order valence-corrected chi connectivity index (χ3v) is 4.90. The van der Waals surface area contributed by atoms with Gasteiger partial charge in [-0.15, -0.1) is 24.8 Å². The second-order valence-corrected chi connectivity index (χ2v) is 6.51. The number of cyclic esters (lactones) is 1. The van der Waals surface area contributed by atoms with E-state index in [2.05, 4.69) is 16.3 Å². The van der Waals surface area contributed by atoms with Crippen molar-refractivity contribution in [2.24, 2.45) is 0 Å². The molecule has 1 N–H and O–H groups in total. The Morgan fingerprint density at radius 1 is 1.29 bits per heavy atom. The van der Waals surface area contributed by atoms with Crippen molar-refractivity contribution < 1.29 is 14.3 Å². The van der Waals surface area contributed by atoms with Crippen molar-refractivity contribution >= 4 is 30.8 Å². The van der Waals surface area contributed by atoms with Crippen LogP contribution in [0.5, 0.6) is 0 Å². The summed E-state index contributed by atoms with van der Waals surface area (Å²) in [7, 11) is 0. The third-order valence-electron chi connectivity index (χ3n) is 4.90. The SMILES string of the molecule is C[C@H]1Cc2cc([C@@H]3CN4CCNC[C@H]4CO3)ccc2C(=O)O1.Cl.Cl. The first kappa shape index (κ1) is 19.5. The van der Waals surface area contributed by atoms with Gasteiger partial charge < -0.3 is 14.8 Å². The lowest BCUT2D eigenvalue weighted by atomic mass is 9.94. The molecule has 1 aromatic rings. The molecular weight excluding hydrogens is 351 g/mol. The lowest BCUT2D eigenvalue weighted by Gasteiger charge is -2.42. The zero-order chi connectivity index (χ0) is 15.1. The van der Waals surface area contributed by atoms with Crippen molar-refractivity contribution in [1.29, 1.82) is 0 Å². The maximum atomic E-state index is 11.9. The van der Waals surface area contributed by atoms with E-state index in [1.54, 1.807) is 0 Å². The van der Waals surface area contributed by atoms with Crippen LogP contribution in [0.25, 0.3) is 0 Å². The summed E-state index contributed by atoms with van der Waals surface area (Å²) in [4.78, 5) is 14.4. The van der Waals surface area contributed by atoms with E-state index in [0.29, 0.717) is 11.6 Å². The Kier molecular flexibility index (Phi) is 6.51. The van der Waals surface area contributed by atoms with Crippen molar-refractivity contribution in [3.8, 4) is 0 Å². The van der Waals surface area contributed by atoms with Crippen LogP contribution in [-0.2, 0) is 15.9 Å². The van der Waals surface area contributed by atoms with Crippen molar-refractivity contribution in [2.45, 2.75) is 31.6 Å². The summed E-state index contributed by atoms with van der Waals surface area (Å²) in [5, 5.41) is 3.42. The van der Waals surface area contributed by atoms with E-state index in [1.165, 1.54) is 5.56 Å². The molecule has 4 rings (SSSR count). The Balaban J connectivity index is 0.00000104. The highest BCUT2D eigenvalue weighted by atomic mass is 35.5. The van der Waals surface area contributed by atoms with Crippen LogP contribution >= 0.6 is 24.8 Å². The van der Waals surface area contributed by atoms with Gasteiger partial charge >= 0.3 is 5.97 Å². The number of ether oxygens (including phenoxy) is 2. The van der Waals surface area contributed by atoms with Crippen LogP contribution in [0.15, 0.2) is 18.2 Å². The van der Waals surface area contributed by atoms with Gasteiger partial charge in [0.2, 0.25) is 0 Å². The number of nitrogens with zero attached hydrogens (tertiary/aromatic N) is 1. The minimum atomic E-state index is -0.202. The van der Waals surface area contributed by atoms with Crippen molar-refractivity contribution in [2.75, 3.05) is 32.8 Å². The smallest absolute Gasteiger partial charge is 0.338 e. The molecule has 3 heterocycles. The Hall–Kier alpha value is -0.850. The minimum Gasteiger partial charge on any atom is -0.459 e. The van der Waals surface area contributed by atoms with Crippen molar-refractivity contribution in [3.63, 3.8) is 0 Å². The van der Waals surface area contributed by atoms with E-state index in [-0.39, 0.29) is 43.0 Å². The van der Waals surface area contributed by atoms with Crippen LogP contribution in [0, 0.1) is 0 Å². The number of esters is 1. The Labute approximate surface area is 154 Å². The molecule has 1 aromatic carbocycles. The fourth-order valence-corrected chi connectivity index (χ4v) is 3.68. The number of fused-ring (bicyclic) bond motifs is 2. The second kappa shape index (κ2) is 8.02. The molecule has 0 saturated carbocycles. The van der Waals surface area contributed by atoms with Gasteiger partial charge in [0.15, 0.2) is 0 Å². The van der Waals surface area contributed by atoms with Crippen molar-refractivity contribution in [1.82, 2.24) is 10.2 Å². The highest BCUT2D eigenvalue weighted by Crippen LogP contribution is 2.29. The lowest BCUT2D eigenvalue weighted by molar-refractivity contribution is -0.0718. The number of rotatable bonds is 1. The molecule has 24 heavy (non-hydrogen) atoms. The van der Waals surface area contributed by atoms with Crippen LogP contribution in [0.2, 0.25) is 0 Å². The van der Waals surface area contributed by atoms with Crippen LogP contribution < -0.4 is 5.32 Å². The molecule has 3 aliphatic heterocycles. The Bertz CT molecular complexity index is 599. The van der Waals surface area contributed by atoms with Gasteiger partial charge in [0, 0.05) is 38.6 Å². The molecule has 5 nitrogen and oxygen atoms in total. The highest BCUT2D eigenvalue weighted by Gasteiger charge is 2.32. The zero-order valence-electron chi connectivity index (χ0n) is 13.7. The normalized spacial score (nSPS) is 29.4. The summed E-state index contributed by atoms with van der Waals surface area (Å²) in [5.41, 5.74) is 2.97. The quantitative estimate of drug-likeness (QED) is 0.761. The first-order chi connectivity index (χ1) is 10.7. The number of carbonyl (C=O) groups excluding carboxylic acids is 1. The van der Waals surface area contributed by atoms with Gasteiger partial charge in [-0.3, -0.25) is 4.90 Å². The molecule has 0 aromatic heterocycles. The van der Waals surface area contributed by atoms with E-state index in [1.807, 2.05) is 19.1 Å². The highest BCUT2D eigenvalue weighted by molar-refractivity contribution is 5.92. The largest absolute Gasteiger partial charge is 0.459 e. The zero-order valence-corrected chi connectivity index (χ0v) is 15.3. The second-order valence-electron chi connectivity index (χ2n) is 6.51. The summed E-state index contributed by atoms with van der Waals surface area (Å²) in [6, 6.07) is 6.55. The number of halogens is 2. The molecular formula is C17H24Cl2N2O3. The molecule has 3 aliphatic rings. The maximum absolute atomic E-state index is 11.9. The molecule has 0 radical (unpaired) electrons. The Morgan fingerprint density at radius 2 is 2.12 bits per heavy atom. The topological polar surface area (TPSA) is 50.8 Å². The average Bonchev–Trinajstić information content (AvgIpc) is 2.53. The Morgan fingerprint density at radius 3 is 2.96 bits per heavy atom. The minimum absolute atomic E-state index is 0. The fourth-order valence-electron chi connectivity index (χ4n) is 3.68. The predicted octanol–water partition coefficient (Wildman–Crippen LogP) is 1.98. The molecule has 0 unspecified atom stereocenters. The number of nitrogens with one attached hydrogen (secondary N) is 1. The van der Waals surface area contributed by atoms with E-state index in [9.17, 15) is 4.79 Å². The van der Waals surface area contributed by atoms with E-state index < -0.39 is 0 Å². The van der Waals surface area contributed by atoms with Crippen LogP contribution in [0.1, 0.15) is 34.5 Å². The molecule has 0 bridgehead atoms. The van der Waals surface area contributed by atoms with Gasteiger partial charge in [-0.1, -0.05) is 12.1 Å². The van der Waals surface area contributed by atoms with Gasteiger partial charge in [-0.05, 0) is 24.1 Å². The third kappa shape index (κ3) is 3.70. The number of benzene rings is 1. The summed E-state index contributed by atoms with van der Waals surface area (Å²) >= 11 is 0. The summed E-state index contributed by atoms with van der Waals surface area (Å²) in [5.74, 6) is -0.202. The van der Waals surface area contributed by atoms with Gasteiger partial charge in [0.25, 0.3) is 0 Å². The number of hydrogen-bond acceptors (Lipinski definition) is 5. The van der Waals surface area contributed by atoms with E-state index in [0.717, 1.165) is 44.8 Å². The summed E-state index contributed by atoms with van der Waals surface area (Å²) in [6.45, 7) is 6.80. The first-order valence-electron chi connectivity index (χ1n) is 8.11. The molecule has 0 spiro atoms. The van der Waals surface area contributed by atoms with Gasteiger partial charge in [-0.25, -0.2) is 4.79 Å². The molecule has 7 heteroatoms. The molecule has 2 saturated heterocycles. The average molecular weight is 375 g/mol. The molecule has 2 fully saturated rings. The lowest BCUT2D eigenvalue weighted by Crippen LogP contribution is -2.57. The van der Waals surface area contributed by atoms with Crippen LogP contribution in [0.4, 0.5) is 0 Å². The van der Waals surface area contributed by atoms with Crippen LogP contribution in [0.3, 0.4) is 0 Å². The van der Waals surface area contributed by atoms with E-state index >= 15 is 0 Å². The van der Waals surface area contributed by atoms with Gasteiger partial charge in [0.05, 0.1) is 18.3 Å². The molecule has 0 aliphatic carbocycles.